The van der Waals surface area contributed by atoms with E-state index in [1.807, 2.05) is 47.4 Å². The van der Waals surface area contributed by atoms with Crippen molar-refractivity contribution < 1.29 is 10.1 Å². The van der Waals surface area contributed by atoms with Gasteiger partial charge < -0.3 is 15.1 Å². The predicted octanol–water partition coefficient (Wildman–Crippen LogP) is 2.31. The Morgan fingerprint density at radius 2 is 1.68 bits per heavy atom. The molecule has 0 aliphatic carbocycles. The Bertz CT molecular complexity index is 699. The fourth-order valence-corrected chi connectivity index (χ4v) is 3.46. The SMILES string of the molecule is C[C@@H]([NH2+]CC(=O)N1CCN(c2ccccc2Cl)CC1)c1ccccc1. The van der Waals surface area contributed by atoms with Gasteiger partial charge in [-0.1, -0.05) is 54.1 Å². The van der Waals surface area contributed by atoms with E-state index in [0.717, 1.165) is 36.9 Å². The quantitative estimate of drug-likeness (QED) is 0.891. The monoisotopic (exact) mass is 358 g/mol. The molecule has 5 heteroatoms. The third-order valence-electron chi connectivity index (χ3n) is 4.80. The van der Waals surface area contributed by atoms with Crippen LogP contribution in [0.25, 0.3) is 0 Å². The number of piperazine rings is 1. The van der Waals surface area contributed by atoms with Gasteiger partial charge in [-0.2, -0.15) is 0 Å². The van der Waals surface area contributed by atoms with Gasteiger partial charge in [-0.15, -0.1) is 0 Å². The third-order valence-corrected chi connectivity index (χ3v) is 5.12. The van der Waals surface area contributed by atoms with E-state index in [4.69, 9.17) is 11.6 Å². The molecule has 0 saturated carbocycles. The topological polar surface area (TPSA) is 40.2 Å². The summed E-state index contributed by atoms with van der Waals surface area (Å²) in [4.78, 5) is 16.7. The average molecular weight is 359 g/mol. The molecule has 4 nitrogen and oxygen atoms in total. The zero-order chi connectivity index (χ0) is 17.6. The number of quaternary nitrogens is 1. The normalized spacial score (nSPS) is 15.9. The summed E-state index contributed by atoms with van der Waals surface area (Å²) >= 11 is 6.27. The number of carbonyl (C=O) groups is 1. The van der Waals surface area contributed by atoms with Crippen molar-refractivity contribution in [2.75, 3.05) is 37.6 Å². The van der Waals surface area contributed by atoms with Crippen molar-refractivity contribution in [1.29, 1.82) is 0 Å². The molecule has 1 aliphatic rings. The van der Waals surface area contributed by atoms with Crippen LogP contribution in [0.15, 0.2) is 54.6 Å². The smallest absolute Gasteiger partial charge is 0.277 e. The van der Waals surface area contributed by atoms with Crippen LogP contribution in [0.3, 0.4) is 0 Å². The van der Waals surface area contributed by atoms with Gasteiger partial charge in [0.1, 0.15) is 6.04 Å². The molecule has 0 unspecified atom stereocenters. The average Bonchev–Trinajstić information content (AvgIpc) is 2.67. The molecule has 2 aromatic rings. The number of rotatable bonds is 5. The highest BCUT2D eigenvalue weighted by Gasteiger charge is 2.23. The largest absolute Gasteiger partial charge is 0.367 e. The molecule has 2 N–H and O–H groups in total. The van der Waals surface area contributed by atoms with Gasteiger partial charge in [0.25, 0.3) is 5.91 Å². The van der Waals surface area contributed by atoms with Gasteiger partial charge in [-0.05, 0) is 19.1 Å². The maximum absolute atomic E-state index is 12.5. The number of para-hydroxylation sites is 1. The lowest BCUT2D eigenvalue weighted by Crippen LogP contribution is -2.87. The molecule has 1 aliphatic heterocycles. The van der Waals surface area contributed by atoms with Crippen molar-refractivity contribution in [3.05, 3.63) is 65.2 Å². The van der Waals surface area contributed by atoms with Crippen LogP contribution in [-0.4, -0.2) is 43.5 Å². The minimum Gasteiger partial charge on any atom is -0.367 e. The highest BCUT2D eigenvalue weighted by atomic mass is 35.5. The van der Waals surface area contributed by atoms with E-state index in [9.17, 15) is 4.79 Å². The first-order chi connectivity index (χ1) is 12.1. The summed E-state index contributed by atoms with van der Waals surface area (Å²) < 4.78 is 0. The van der Waals surface area contributed by atoms with Gasteiger partial charge in [0.05, 0.1) is 10.7 Å². The molecule has 1 saturated heterocycles. The van der Waals surface area contributed by atoms with Crippen molar-refractivity contribution in [2.45, 2.75) is 13.0 Å². The highest BCUT2D eigenvalue weighted by molar-refractivity contribution is 6.33. The van der Waals surface area contributed by atoms with Gasteiger partial charge in [0, 0.05) is 31.7 Å². The zero-order valence-corrected chi connectivity index (χ0v) is 15.3. The molecule has 0 bridgehead atoms. The molecule has 0 radical (unpaired) electrons. The van der Waals surface area contributed by atoms with Crippen molar-refractivity contribution >= 4 is 23.2 Å². The lowest BCUT2D eigenvalue weighted by atomic mass is 10.1. The van der Waals surface area contributed by atoms with Crippen LogP contribution in [0.2, 0.25) is 5.02 Å². The summed E-state index contributed by atoms with van der Waals surface area (Å²) in [7, 11) is 0. The van der Waals surface area contributed by atoms with Crippen LogP contribution < -0.4 is 10.2 Å². The number of nitrogens with zero attached hydrogens (tertiary/aromatic N) is 2. The van der Waals surface area contributed by atoms with Gasteiger partial charge in [0.2, 0.25) is 0 Å². The van der Waals surface area contributed by atoms with Crippen molar-refractivity contribution in [3.63, 3.8) is 0 Å². The van der Waals surface area contributed by atoms with E-state index < -0.39 is 0 Å². The minimum absolute atomic E-state index is 0.210. The van der Waals surface area contributed by atoms with Crippen molar-refractivity contribution in [2.24, 2.45) is 0 Å². The molecule has 0 aromatic heterocycles. The lowest BCUT2D eigenvalue weighted by Gasteiger charge is -2.36. The fraction of sp³-hybridized carbons (Fsp3) is 0.350. The summed E-state index contributed by atoms with van der Waals surface area (Å²) in [5.41, 5.74) is 2.30. The number of nitrogens with two attached hydrogens (primary N) is 1. The van der Waals surface area contributed by atoms with Crippen LogP contribution in [0.4, 0.5) is 5.69 Å². The summed E-state index contributed by atoms with van der Waals surface area (Å²) in [5.74, 6) is 0.210. The molecular formula is C20H25ClN3O+. The summed E-state index contributed by atoms with van der Waals surface area (Å²) in [6.07, 6.45) is 0. The minimum atomic E-state index is 0.210. The number of hydrogen-bond donors (Lipinski definition) is 1. The molecule has 1 heterocycles. The summed E-state index contributed by atoms with van der Waals surface area (Å²) in [6, 6.07) is 18.5. The van der Waals surface area contributed by atoms with Crippen LogP contribution in [0.1, 0.15) is 18.5 Å². The van der Waals surface area contributed by atoms with E-state index >= 15 is 0 Å². The number of anilines is 1. The van der Waals surface area contributed by atoms with Crippen LogP contribution in [0.5, 0.6) is 0 Å². The first-order valence-electron chi connectivity index (χ1n) is 8.80. The first-order valence-corrected chi connectivity index (χ1v) is 9.18. The van der Waals surface area contributed by atoms with Gasteiger partial charge in [-0.25, -0.2) is 0 Å². The molecule has 3 rings (SSSR count). The second-order valence-electron chi connectivity index (χ2n) is 6.46. The Morgan fingerprint density at radius 1 is 1.04 bits per heavy atom. The molecule has 0 spiro atoms. The maximum atomic E-state index is 12.5. The molecule has 1 fully saturated rings. The number of hydrogen-bond acceptors (Lipinski definition) is 2. The zero-order valence-electron chi connectivity index (χ0n) is 14.6. The second-order valence-corrected chi connectivity index (χ2v) is 6.87. The highest BCUT2D eigenvalue weighted by Crippen LogP contribution is 2.25. The molecule has 25 heavy (non-hydrogen) atoms. The molecule has 132 valence electrons. The Kier molecular flexibility index (Phi) is 5.95. The van der Waals surface area contributed by atoms with Gasteiger partial charge in [0.15, 0.2) is 6.54 Å². The van der Waals surface area contributed by atoms with E-state index in [0.29, 0.717) is 6.54 Å². The van der Waals surface area contributed by atoms with Crippen molar-refractivity contribution in [3.8, 4) is 0 Å². The number of amides is 1. The third kappa shape index (κ3) is 4.53. The van der Waals surface area contributed by atoms with E-state index in [-0.39, 0.29) is 11.9 Å². The molecule has 2 aromatic carbocycles. The summed E-state index contributed by atoms with van der Waals surface area (Å²) in [5, 5.41) is 2.88. The van der Waals surface area contributed by atoms with Crippen LogP contribution in [0, 0.1) is 0 Å². The Balaban J connectivity index is 1.48. The van der Waals surface area contributed by atoms with Crippen LogP contribution in [-0.2, 0) is 4.79 Å². The molecule has 1 amide bonds. The number of carbonyl (C=O) groups excluding carboxylic acids is 1. The molecule has 1 atom stereocenters. The number of benzene rings is 2. The van der Waals surface area contributed by atoms with Gasteiger partial charge in [-0.3, -0.25) is 4.79 Å². The van der Waals surface area contributed by atoms with E-state index in [1.54, 1.807) is 0 Å². The fourth-order valence-electron chi connectivity index (χ4n) is 3.20. The van der Waals surface area contributed by atoms with E-state index in [1.165, 1.54) is 5.56 Å². The predicted molar refractivity (Wildman–Crippen MR) is 102 cm³/mol. The Morgan fingerprint density at radius 3 is 2.36 bits per heavy atom. The summed E-state index contributed by atoms with van der Waals surface area (Å²) in [6.45, 7) is 5.77. The molecular weight excluding hydrogens is 334 g/mol. The van der Waals surface area contributed by atoms with Crippen molar-refractivity contribution in [1.82, 2.24) is 4.90 Å². The second kappa shape index (κ2) is 8.37. The Hall–Kier alpha value is -2.04. The maximum Gasteiger partial charge on any atom is 0.277 e. The first kappa shape index (κ1) is 17.8. The standard InChI is InChI=1S/C20H24ClN3O/c1-16(17-7-3-2-4-8-17)22-15-20(25)24-13-11-23(12-14-24)19-10-6-5-9-18(19)21/h2-10,16,22H,11-15H2,1H3/p+1/t16-/m1/s1. The van der Waals surface area contributed by atoms with E-state index in [2.05, 4.69) is 29.3 Å². The number of halogens is 1. The van der Waals surface area contributed by atoms with Gasteiger partial charge >= 0.3 is 0 Å². The van der Waals surface area contributed by atoms with Crippen LogP contribution >= 0.6 is 11.6 Å². The Labute approximate surface area is 154 Å². The lowest BCUT2D eigenvalue weighted by molar-refractivity contribution is -0.683.